The van der Waals surface area contributed by atoms with Crippen molar-refractivity contribution in [2.75, 3.05) is 0 Å². The number of unbranched alkanes of at least 4 members (excludes halogenated alkanes) is 1. The van der Waals surface area contributed by atoms with Crippen LogP contribution in [0.3, 0.4) is 0 Å². The van der Waals surface area contributed by atoms with Gasteiger partial charge in [-0.15, -0.1) is 0 Å². The summed E-state index contributed by atoms with van der Waals surface area (Å²) in [4.78, 5) is 16.4. The summed E-state index contributed by atoms with van der Waals surface area (Å²) in [6, 6.07) is 15.7. The monoisotopic (exact) mass is 322 g/mol. The molecular weight excluding hydrogens is 300 g/mol. The fraction of sp³-hybridized carbons (Fsp3) is 0.300. The zero-order valence-corrected chi connectivity index (χ0v) is 14.2. The summed E-state index contributed by atoms with van der Waals surface area (Å²) < 4.78 is 7.55. The van der Waals surface area contributed by atoms with Crippen molar-refractivity contribution in [3.63, 3.8) is 0 Å². The number of para-hydroxylation sites is 2. The van der Waals surface area contributed by atoms with Gasteiger partial charge < -0.3 is 9.30 Å². The number of ether oxygens (including phenoxy) is 1. The number of esters is 1. The van der Waals surface area contributed by atoms with Crippen molar-refractivity contribution < 1.29 is 9.53 Å². The van der Waals surface area contributed by atoms with Gasteiger partial charge in [0.1, 0.15) is 11.6 Å². The van der Waals surface area contributed by atoms with Crippen molar-refractivity contribution in [2.45, 2.75) is 39.7 Å². The second-order valence-corrected chi connectivity index (χ2v) is 5.77. The Balaban J connectivity index is 1.84. The topological polar surface area (TPSA) is 44.1 Å². The highest BCUT2D eigenvalue weighted by molar-refractivity contribution is 5.80. The average molecular weight is 322 g/mol. The minimum absolute atomic E-state index is 0.176. The summed E-state index contributed by atoms with van der Waals surface area (Å²) in [5.74, 6) is 1.34. The van der Waals surface area contributed by atoms with E-state index in [2.05, 4.69) is 24.5 Å². The Morgan fingerprint density at radius 3 is 2.54 bits per heavy atom. The van der Waals surface area contributed by atoms with Crippen LogP contribution in [0.15, 0.2) is 48.5 Å². The van der Waals surface area contributed by atoms with Gasteiger partial charge in [0.2, 0.25) is 0 Å². The third-order valence-electron chi connectivity index (χ3n) is 4.05. The van der Waals surface area contributed by atoms with E-state index in [9.17, 15) is 4.79 Å². The summed E-state index contributed by atoms with van der Waals surface area (Å²) >= 11 is 0. The smallest absolute Gasteiger partial charge is 0.311 e. The average Bonchev–Trinajstić information content (AvgIpc) is 2.99. The fourth-order valence-electron chi connectivity index (χ4n) is 2.79. The highest BCUT2D eigenvalue weighted by Crippen LogP contribution is 2.26. The first kappa shape index (κ1) is 16.2. The van der Waals surface area contributed by atoms with Crippen LogP contribution < -0.4 is 4.74 Å². The van der Waals surface area contributed by atoms with E-state index in [4.69, 9.17) is 9.72 Å². The van der Waals surface area contributed by atoms with Gasteiger partial charge in [-0.2, -0.15) is 0 Å². The quantitative estimate of drug-likeness (QED) is 0.483. The molecule has 24 heavy (non-hydrogen) atoms. The van der Waals surface area contributed by atoms with E-state index in [1.54, 1.807) is 0 Å². The van der Waals surface area contributed by atoms with Crippen molar-refractivity contribution in [3.05, 3.63) is 48.5 Å². The van der Waals surface area contributed by atoms with Crippen molar-refractivity contribution in [3.8, 4) is 17.1 Å². The van der Waals surface area contributed by atoms with Crippen LogP contribution in [0.4, 0.5) is 0 Å². The molecule has 2 aromatic carbocycles. The SMILES string of the molecule is CCCCC(=O)Oc1ccc(-c2nc3ccccc3n2CC)cc1. The molecule has 0 saturated heterocycles. The summed E-state index contributed by atoms with van der Waals surface area (Å²) in [5.41, 5.74) is 3.14. The summed E-state index contributed by atoms with van der Waals surface area (Å²) in [6.07, 6.45) is 2.31. The van der Waals surface area contributed by atoms with Crippen LogP contribution in [0.1, 0.15) is 33.1 Å². The van der Waals surface area contributed by atoms with E-state index < -0.39 is 0 Å². The van der Waals surface area contributed by atoms with Crippen molar-refractivity contribution in [1.82, 2.24) is 9.55 Å². The summed E-state index contributed by atoms with van der Waals surface area (Å²) in [6.45, 7) is 5.02. The van der Waals surface area contributed by atoms with Crippen molar-refractivity contribution in [1.29, 1.82) is 0 Å². The number of hydrogen-bond donors (Lipinski definition) is 0. The molecule has 0 N–H and O–H groups in total. The van der Waals surface area contributed by atoms with Crippen LogP contribution in [-0.4, -0.2) is 15.5 Å². The highest BCUT2D eigenvalue weighted by atomic mass is 16.5. The largest absolute Gasteiger partial charge is 0.427 e. The first-order valence-corrected chi connectivity index (χ1v) is 8.49. The molecule has 0 unspecified atom stereocenters. The molecule has 0 saturated carbocycles. The zero-order valence-electron chi connectivity index (χ0n) is 14.2. The Labute approximate surface area is 142 Å². The number of benzene rings is 2. The molecule has 0 aliphatic heterocycles. The molecule has 0 atom stereocenters. The van der Waals surface area contributed by atoms with Gasteiger partial charge in [0.25, 0.3) is 0 Å². The maximum absolute atomic E-state index is 11.7. The molecule has 0 spiro atoms. The number of aryl methyl sites for hydroxylation is 1. The lowest BCUT2D eigenvalue weighted by Gasteiger charge is -2.08. The third kappa shape index (κ3) is 3.32. The van der Waals surface area contributed by atoms with Gasteiger partial charge in [0, 0.05) is 18.5 Å². The molecule has 0 fully saturated rings. The lowest BCUT2D eigenvalue weighted by molar-refractivity contribution is -0.134. The van der Waals surface area contributed by atoms with Crippen LogP contribution in [0.5, 0.6) is 5.75 Å². The maximum Gasteiger partial charge on any atom is 0.311 e. The number of fused-ring (bicyclic) bond motifs is 1. The molecule has 3 rings (SSSR count). The number of carbonyl (C=O) groups is 1. The van der Waals surface area contributed by atoms with Gasteiger partial charge in [0.05, 0.1) is 11.0 Å². The number of rotatable bonds is 6. The van der Waals surface area contributed by atoms with Crippen LogP contribution >= 0.6 is 0 Å². The van der Waals surface area contributed by atoms with Gasteiger partial charge in [-0.1, -0.05) is 25.5 Å². The molecule has 1 heterocycles. The van der Waals surface area contributed by atoms with Gasteiger partial charge in [-0.3, -0.25) is 4.79 Å². The predicted molar refractivity (Wildman–Crippen MR) is 96.0 cm³/mol. The molecule has 1 aromatic heterocycles. The van der Waals surface area contributed by atoms with Crippen LogP contribution in [0.25, 0.3) is 22.4 Å². The number of imidazole rings is 1. The normalized spacial score (nSPS) is 10.9. The molecule has 4 nitrogen and oxygen atoms in total. The molecule has 0 radical (unpaired) electrons. The Morgan fingerprint density at radius 1 is 1.08 bits per heavy atom. The molecule has 0 aliphatic carbocycles. The summed E-state index contributed by atoms with van der Waals surface area (Å²) in [5, 5.41) is 0. The second-order valence-electron chi connectivity index (χ2n) is 5.77. The minimum atomic E-state index is -0.176. The lowest BCUT2D eigenvalue weighted by Crippen LogP contribution is -2.07. The number of aromatic nitrogens is 2. The number of hydrogen-bond acceptors (Lipinski definition) is 3. The van der Waals surface area contributed by atoms with E-state index in [1.807, 2.05) is 42.5 Å². The van der Waals surface area contributed by atoms with Crippen LogP contribution in [0.2, 0.25) is 0 Å². The molecule has 0 amide bonds. The van der Waals surface area contributed by atoms with E-state index in [1.165, 1.54) is 0 Å². The Hall–Kier alpha value is -2.62. The summed E-state index contributed by atoms with van der Waals surface area (Å²) in [7, 11) is 0. The maximum atomic E-state index is 11.7. The van der Waals surface area contributed by atoms with Crippen molar-refractivity contribution >= 4 is 17.0 Å². The first-order chi connectivity index (χ1) is 11.7. The van der Waals surface area contributed by atoms with Gasteiger partial charge >= 0.3 is 5.97 Å². The van der Waals surface area contributed by atoms with E-state index in [-0.39, 0.29) is 5.97 Å². The fourth-order valence-corrected chi connectivity index (χ4v) is 2.79. The third-order valence-corrected chi connectivity index (χ3v) is 4.05. The minimum Gasteiger partial charge on any atom is -0.427 e. The Bertz CT molecular complexity index is 834. The zero-order chi connectivity index (χ0) is 16.9. The Kier molecular flexibility index (Phi) is 4.94. The lowest BCUT2D eigenvalue weighted by atomic mass is 10.2. The number of nitrogens with zero attached hydrogens (tertiary/aromatic N) is 2. The molecular formula is C20H22N2O2. The van der Waals surface area contributed by atoms with Gasteiger partial charge in [-0.05, 0) is 49.7 Å². The highest BCUT2D eigenvalue weighted by Gasteiger charge is 2.11. The second kappa shape index (κ2) is 7.30. The van der Waals surface area contributed by atoms with E-state index >= 15 is 0 Å². The standard InChI is InChI=1S/C20H22N2O2/c1-3-5-10-19(23)24-16-13-11-15(12-14-16)20-21-17-8-6-7-9-18(17)22(20)4-2/h6-9,11-14H,3-5,10H2,1-2H3. The molecule has 3 aromatic rings. The van der Waals surface area contributed by atoms with Gasteiger partial charge in [-0.25, -0.2) is 4.98 Å². The van der Waals surface area contributed by atoms with Crippen LogP contribution in [-0.2, 0) is 11.3 Å². The van der Waals surface area contributed by atoms with E-state index in [0.717, 1.165) is 41.8 Å². The first-order valence-electron chi connectivity index (χ1n) is 8.49. The predicted octanol–water partition coefficient (Wildman–Crippen LogP) is 4.82. The van der Waals surface area contributed by atoms with Gasteiger partial charge in [0.15, 0.2) is 0 Å². The Morgan fingerprint density at radius 2 is 1.83 bits per heavy atom. The van der Waals surface area contributed by atoms with Crippen LogP contribution in [0, 0.1) is 0 Å². The van der Waals surface area contributed by atoms with E-state index in [0.29, 0.717) is 12.2 Å². The number of carbonyl (C=O) groups excluding carboxylic acids is 1. The molecule has 124 valence electrons. The molecule has 0 aliphatic rings. The van der Waals surface area contributed by atoms with Crippen molar-refractivity contribution in [2.24, 2.45) is 0 Å². The molecule has 4 heteroatoms. The molecule has 0 bridgehead atoms.